The highest BCUT2D eigenvalue weighted by Crippen LogP contribution is 2.43. The summed E-state index contributed by atoms with van der Waals surface area (Å²) in [6.07, 6.45) is -4.92. The molecule has 0 aromatic heterocycles. The highest BCUT2D eigenvalue weighted by Gasteiger charge is 2.61. The van der Waals surface area contributed by atoms with Crippen LogP contribution in [0.25, 0.3) is 0 Å². The Morgan fingerprint density at radius 1 is 1.38 bits per heavy atom. The monoisotopic (exact) mass is 302 g/mol. The number of amides is 1. The number of hydrogen-bond donors (Lipinski definition) is 3. The zero-order chi connectivity index (χ0) is 15.5. The van der Waals surface area contributed by atoms with E-state index in [1.54, 1.807) is 30.3 Å². The Kier molecular flexibility index (Phi) is 4.53. The number of benzene rings is 1. The summed E-state index contributed by atoms with van der Waals surface area (Å²) in [6, 6.07) is 7.58. The summed E-state index contributed by atoms with van der Waals surface area (Å²) >= 11 is 0. The van der Waals surface area contributed by atoms with E-state index in [9.17, 15) is 23.1 Å². The van der Waals surface area contributed by atoms with Crippen LogP contribution in [-0.2, 0) is 4.79 Å². The smallest absolute Gasteiger partial charge is 0.394 e. The van der Waals surface area contributed by atoms with Gasteiger partial charge in [-0.2, -0.15) is 13.2 Å². The quantitative estimate of drug-likeness (QED) is 0.787. The maximum absolute atomic E-state index is 13.3. The molecule has 0 spiro atoms. The van der Waals surface area contributed by atoms with E-state index in [2.05, 4.69) is 10.6 Å². The van der Waals surface area contributed by atoms with Gasteiger partial charge in [0.05, 0.1) is 12.6 Å². The minimum atomic E-state index is -4.63. The van der Waals surface area contributed by atoms with Crippen LogP contribution in [0.5, 0.6) is 0 Å². The summed E-state index contributed by atoms with van der Waals surface area (Å²) in [5, 5.41) is 14.3. The molecular formula is C14H17F3N2O2. The van der Waals surface area contributed by atoms with Gasteiger partial charge in [-0.3, -0.25) is 4.79 Å². The molecule has 0 saturated carbocycles. The highest BCUT2D eigenvalue weighted by atomic mass is 19.4. The van der Waals surface area contributed by atoms with Crippen LogP contribution in [0.3, 0.4) is 0 Å². The standard InChI is InChI=1S/C14H17F3N2O2/c15-14(16,17)13(6-7-18-9-13)12(21)19-11(8-20)10-4-2-1-3-5-10/h1-5,11,18,20H,6-9H2,(H,19,21)/t11-,13?/m0/s1. The SMILES string of the molecule is O=C(N[C@@H](CO)c1ccccc1)C1(C(F)(F)F)CCNC1. The molecule has 1 aromatic rings. The van der Waals surface area contributed by atoms with E-state index in [0.29, 0.717) is 5.56 Å². The molecule has 2 rings (SSSR count). The molecule has 7 heteroatoms. The van der Waals surface area contributed by atoms with E-state index >= 15 is 0 Å². The van der Waals surface area contributed by atoms with Gasteiger partial charge < -0.3 is 15.7 Å². The summed E-state index contributed by atoms with van der Waals surface area (Å²) in [5.74, 6) is -1.09. The first-order valence-electron chi connectivity index (χ1n) is 6.65. The zero-order valence-corrected chi connectivity index (χ0v) is 11.3. The molecule has 116 valence electrons. The van der Waals surface area contributed by atoms with E-state index in [-0.39, 0.29) is 13.0 Å². The third-order valence-corrected chi connectivity index (χ3v) is 3.82. The topological polar surface area (TPSA) is 61.4 Å². The van der Waals surface area contributed by atoms with Crippen LogP contribution in [0.1, 0.15) is 18.0 Å². The van der Waals surface area contributed by atoms with Gasteiger partial charge in [0.15, 0.2) is 5.41 Å². The molecule has 0 bridgehead atoms. The molecular weight excluding hydrogens is 285 g/mol. The number of rotatable bonds is 4. The van der Waals surface area contributed by atoms with Crippen LogP contribution >= 0.6 is 0 Å². The molecule has 1 fully saturated rings. The van der Waals surface area contributed by atoms with Gasteiger partial charge in [-0.05, 0) is 18.5 Å². The van der Waals surface area contributed by atoms with Gasteiger partial charge >= 0.3 is 6.18 Å². The summed E-state index contributed by atoms with van der Waals surface area (Å²) in [4.78, 5) is 12.2. The van der Waals surface area contributed by atoms with Gasteiger partial charge in [0.2, 0.25) is 5.91 Å². The van der Waals surface area contributed by atoms with Crippen LogP contribution in [0, 0.1) is 5.41 Å². The number of carbonyl (C=O) groups excluding carboxylic acids is 1. The molecule has 1 aromatic carbocycles. The fraction of sp³-hybridized carbons (Fsp3) is 0.500. The summed E-state index contributed by atoms with van der Waals surface area (Å²) in [7, 11) is 0. The van der Waals surface area contributed by atoms with Gasteiger partial charge in [-0.15, -0.1) is 0 Å². The average molecular weight is 302 g/mol. The largest absolute Gasteiger partial charge is 0.404 e. The van der Waals surface area contributed by atoms with Crippen molar-refractivity contribution in [3.63, 3.8) is 0 Å². The first-order valence-corrected chi connectivity index (χ1v) is 6.65. The predicted molar refractivity (Wildman–Crippen MR) is 70.4 cm³/mol. The number of aliphatic hydroxyl groups excluding tert-OH is 1. The van der Waals surface area contributed by atoms with Gasteiger partial charge in [-0.25, -0.2) is 0 Å². The average Bonchev–Trinajstić information content (AvgIpc) is 2.96. The van der Waals surface area contributed by atoms with Gasteiger partial charge in [-0.1, -0.05) is 30.3 Å². The number of carbonyl (C=O) groups is 1. The van der Waals surface area contributed by atoms with E-state index < -0.39 is 36.7 Å². The molecule has 1 amide bonds. The molecule has 2 atom stereocenters. The van der Waals surface area contributed by atoms with E-state index in [0.717, 1.165) is 0 Å². The number of hydrogen-bond acceptors (Lipinski definition) is 3. The van der Waals surface area contributed by atoms with Crippen molar-refractivity contribution >= 4 is 5.91 Å². The lowest BCUT2D eigenvalue weighted by molar-refractivity contribution is -0.216. The Morgan fingerprint density at radius 3 is 2.52 bits per heavy atom. The second-order valence-corrected chi connectivity index (χ2v) is 5.13. The van der Waals surface area contributed by atoms with Crippen molar-refractivity contribution in [3.8, 4) is 0 Å². The van der Waals surface area contributed by atoms with E-state index in [4.69, 9.17) is 0 Å². The molecule has 21 heavy (non-hydrogen) atoms. The number of aliphatic hydroxyl groups is 1. The number of nitrogens with one attached hydrogen (secondary N) is 2. The van der Waals surface area contributed by atoms with Crippen molar-refractivity contribution in [2.24, 2.45) is 5.41 Å². The molecule has 3 N–H and O–H groups in total. The second kappa shape index (κ2) is 6.03. The summed E-state index contributed by atoms with van der Waals surface area (Å²) in [5.41, 5.74) is -1.86. The predicted octanol–water partition coefficient (Wildman–Crippen LogP) is 1.38. The lowest BCUT2D eigenvalue weighted by atomic mass is 9.84. The second-order valence-electron chi connectivity index (χ2n) is 5.13. The lowest BCUT2D eigenvalue weighted by Gasteiger charge is -2.31. The van der Waals surface area contributed by atoms with E-state index in [1.165, 1.54) is 0 Å². The van der Waals surface area contributed by atoms with Crippen LogP contribution in [0.4, 0.5) is 13.2 Å². The first kappa shape index (κ1) is 15.8. The van der Waals surface area contributed by atoms with Gasteiger partial charge in [0.25, 0.3) is 0 Å². The van der Waals surface area contributed by atoms with Crippen molar-refractivity contribution in [2.45, 2.75) is 18.6 Å². The molecule has 0 radical (unpaired) electrons. The van der Waals surface area contributed by atoms with E-state index in [1.807, 2.05) is 0 Å². The normalized spacial score (nSPS) is 23.8. The number of alkyl halides is 3. The Balaban J connectivity index is 2.19. The van der Waals surface area contributed by atoms with Crippen molar-refractivity contribution in [2.75, 3.05) is 19.7 Å². The molecule has 4 nitrogen and oxygen atoms in total. The zero-order valence-electron chi connectivity index (χ0n) is 11.3. The maximum Gasteiger partial charge on any atom is 0.404 e. The molecule has 0 aliphatic carbocycles. The van der Waals surface area contributed by atoms with Crippen molar-refractivity contribution in [1.82, 2.24) is 10.6 Å². The van der Waals surface area contributed by atoms with Gasteiger partial charge in [0, 0.05) is 6.54 Å². The van der Waals surface area contributed by atoms with Crippen LogP contribution < -0.4 is 10.6 Å². The highest BCUT2D eigenvalue weighted by molar-refractivity contribution is 5.84. The fourth-order valence-electron chi connectivity index (χ4n) is 2.47. The lowest BCUT2D eigenvalue weighted by Crippen LogP contribution is -2.53. The maximum atomic E-state index is 13.3. The Hall–Kier alpha value is -1.60. The Bertz CT molecular complexity index is 485. The Morgan fingerprint density at radius 2 is 2.05 bits per heavy atom. The fourth-order valence-corrected chi connectivity index (χ4v) is 2.47. The molecule has 1 saturated heterocycles. The summed E-state index contributed by atoms with van der Waals surface area (Å²) < 4.78 is 39.8. The number of halogens is 3. The molecule has 1 heterocycles. The Labute approximate surface area is 120 Å². The van der Waals surface area contributed by atoms with Crippen molar-refractivity contribution in [3.05, 3.63) is 35.9 Å². The van der Waals surface area contributed by atoms with Gasteiger partial charge in [0.1, 0.15) is 0 Å². The molecule has 1 aliphatic heterocycles. The van der Waals surface area contributed by atoms with Crippen molar-refractivity contribution < 1.29 is 23.1 Å². The molecule has 1 aliphatic rings. The minimum absolute atomic E-state index is 0.141. The van der Waals surface area contributed by atoms with Crippen LogP contribution in [-0.4, -0.2) is 36.9 Å². The third-order valence-electron chi connectivity index (χ3n) is 3.82. The van der Waals surface area contributed by atoms with Crippen LogP contribution in [0.2, 0.25) is 0 Å². The summed E-state index contributed by atoms with van der Waals surface area (Å²) in [6.45, 7) is -0.756. The molecule has 1 unspecified atom stereocenters. The first-order chi connectivity index (χ1) is 9.90. The van der Waals surface area contributed by atoms with Crippen LogP contribution in [0.15, 0.2) is 30.3 Å². The minimum Gasteiger partial charge on any atom is -0.394 e. The third kappa shape index (κ3) is 3.03. The van der Waals surface area contributed by atoms with Crippen molar-refractivity contribution in [1.29, 1.82) is 0 Å².